The molecule has 3 rings (SSSR count). The first-order valence-corrected chi connectivity index (χ1v) is 10.4. The molecule has 31 heavy (non-hydrogen) atoms. The Morgan fingerprint density at radius 1 is 1.26 bits per heavy atom. The van der Waals surface area contributed by atoms with E-state index >= 15 is 0 Å². The van der Waals surface area contributed by atoms with Gasteiger partial charge in [-0.05, 0) is 39.8 Å². The number of rotatable bonds is 8. The molecule has 1 atom stereocenters. The first-order chi connectivity index (χ1) is 14.7. The summed E-state index contributed by atoms with van der Waals surface area (Å²) < 4.78 is 31.0. The monoisotopic (exact) mass is 509 g/mol. The molecular formula is C20H14BrF2N3O4S. The van der Waals surface area contributed by atoms with E-state index in [1.807, 2.05) is 0 Å². The molecular weight excluding hydrogens is 496 g/mol. The topological polar surface area (TPSA) is 116 Å². The first kappa shape index (κ1) is 22.9. The molecule has 0 amide bonds. The van der Waals surface area contributed by atoms with Crippen LogP contribution in [0, 0.1) is 17.2 Å². The van der Waals surface area contributed by atoms with Gasteiger partial charge < -0.3 is 10.2 Å². The van der Waals surface area contributed by atoms with Crippen LogP contribution in [0.1, 0.15) is 12.0 Å². The number of carboxylic acid groups (broad SMARTS) is 1. The molecule has 2 N–H and O–H groups in total. The number of aliphatic hydroxyl groups is 1. The van der Waals surface area contributed by atoms with Crippen molar-refractivity contribution in [1.29, 1.82) is 5.26 Å². The van der Waals surface area contributed by atoms with Crippen LogP contribution < -0.4 is 0 Å². The second-order valence-electron chi connectivity index (χ2n) is 6.45. The van der Waals surface area contributed by atoms with Crippen LogP contribution in [-0.4, -0.2) is 43.4 Å². The molecule has 1 heterocycles. The number of aliphatic hydroxyl groups excluding tert-OH is 1. The van der Waals surface area contributed by atoms with Gasteiger partial charge in [-0.3, -0.25) is 14.2 Å². The summed E-state index contributed by atoms with van der Waals surface area (Å²) in [6.07, 6.45) is 0.275. The number of alkyl halides is 2. The van der Waals surface area contributed by atoms with Crippen molar-refractivity contribution in [1.82, 2.24) is 9.55 Å². The third-order valence-corrected chi connectivity index (χ3v) is 6.01. The third-order valence-electron chi connectivity index (χ3n) is 4.49. The average molecular weight is 510 g/mol. The summed E-state index contributed by atoms with van der Waals surface area (Å²) >= 11 is 3.15. The lowest BCUT2D eigenvalue weighted by molar-refractivity contribution is -0.147. The van der Waals surface area contributed by atoms with Gasteiger partial charge in [0.05, 0.1) is 36.0 Å². The van der Waals surface area contributed by atoms with Crippen LogP contribution in [0.15, 0.2) is 52.4 Å². The lowest BCUT2D eigenvalue weighted by atomic mass is 10.0. The van der Waals surface area contributed by atoms with Crippen molar-refractivity contribution in [2.45, 2.75) is 16.8 Å². The van der Waals surface area contributed by atoms with Gasteiger partial charge in [0.15, 0.2) is 5.16 Å². The van der Waals surface area contributed by atoms with E-state index in [1.165, 1.54) is 10.8 Å². The quantitative estimate of drug-likeness (QED) is 0.440. The second-order valence-corrected chi connectivity index (χ2v) is 8.35. The van der Waals surface area contributed by atoms with E-state index in [1.54, 1.807) is 36.4 Å². The molecule has 1 unspecified atom stereocenters. The van der Waals surface area contributed by atoms with Crippen molar-refractivity contribution in [2.75, 3.05) is 6.61 Å². The SMILES string of the molecule is N#Cc1ccc(-n2c(Br)cnc2SC(F)(F)C(=O)CC(CO)C(=O)O)c2ccccc12. The van der Waals surface area contributed by atoms with Gasteiger partial charge in [0.1, 0.15) is 4.60 Å². The standard InChI is InChI=1S/C20H14BrF2N3O4S/c21-17-9-25-19(31-20(22,23)16(28)7-12(10-27)18(29)30)26(17)15-6-5-11(8-24)13-3-1-2-4-14(13)15/h1-6,9,12,27H,7,10H2,(H,29,30). The molecule has 3 aromatic rings. The number of hydrogen-bond donors (Lipinski definition) is 2. The van der Waals surface area contributed by atoms with E-state index in [4.69, 9.17) is 10.2 Å². The number of nitrogens with zero attached hydrogens (tertiary/aromatic N) is 3. The van der Waals surface area contributed by atoms with E-state index < -0.39 is 36.0 Å². The maximum absolute atomic E-state index is 14.6. The van der Waals surface area contributed by atoms with Gasteiger partial charge in [0, 0.05) is 17.2 Å². The van der Waals surface area contributed by atoms with Gasteiger partial charge in [0.25, 0.3) is 0 Å². The van der Waals surface area contributed by atoms with Crippen molar-refractivity contribution >= 4 is 50.2 Å². The van der Waals surface area contributed by atoms with Crippen molar-refractivity contribution < 1.29 is 28.6 Å². The minimum atomic E-state index is -3.98. The van der Waals surface area contributed by atoms with E-state index in [9.17, 15) is 23.6 Å². The Morgan fingerprint density at radius 3 is 2.55 bits per heavy atom. The Labute approximate surface area is 187 Å². The van der Waals surface area contributed by atoms with Crippen LogP contribution in [0.5, 0.6) is 0 Å². The Hall–Kier alpha value is -2.81. The highest BCUT2D eigenvalue weighted by atomic mass is 79.9. The zero-order valence-electron chi connectivity index (χ0n) is 15.6. The number of nitriles is 1. The summed E-state index contributed by atoms with van der Waals surface area (Å²) in [4.78, 5) is 27.0. The fourth-order valence-electron chi connectivity index (χ4n) is 2.93. The summed E-state index contributed by atoms with van der Waals surface area (Å²) in [5.74, 6) is -4.79. The zero-order chi connectivity index (χ0) is 22.8. The molecule has 1 aromatic heterocycles. The van der Waals surface area contributed by atoms with Gasteiger partial charge in [-0.2, -0.15) is 14.0 Å². The summed E-state index contributed by atoms with van der Waals surface area (Å²) in [6, 6.07) is 12.2. The smallest absolute Gasteiger partial charge is 0.358 e. The molecule has 7 nitrogen and oxygen atoms in total. The fourth-order valence-corrected chi connectivity index (χ4v) is 4.32. The van der Waals surface area contributed by atoms with Gasteiger partial charge in [-0.1, -0.05) is 24.3 Å². The maximum Gasteiger partial charge on any atom is 0.358 e. The molecule has 0 spiro atoms. The van der Waals surface area contributed by atoms with Gasteiger partial charge >= 0.3 is 11.2 Å². The number of thioether (sulfide) groups is 1. The highest BCUT2D eigenvalue weighted by molar-refractivity contribution is 9.10. The number of Topliss-reactive ketones (excluding diaryl/α,β-unsaturated/α-hetero) is 1. The molecule has 0 aliphatic rings. The number of benzene rings is 2. The molecule has 0 aliphatic heterocycles. The minimum absolute atomic E-state index is 0.122. The number of carbonyl (C=O) groups excluding carboxylic acids is 1. The molecule has 160 valence electrons. The minimum Gasteiger partial charge on any atom is -0.481 e. The summed E-state index contributed by atoms with van der Waals surface area (Å²) in [5.41, 5.74) is 0.873. The molecule has 0 aliphatic carbocycles. The van der Waals surface area contributed by atoms with Gasteiger partial charge in [-0.25, -0.2) is 4.98 Å². The number of ketones is 1. The fraction of sp³-hybridized carbons (Fsp3) is 0.200. The number of hydrogen-bond acceptors (Lipinski definition) is 6. The lowest BCUT2D eigenvalue weighted by Crippen LogP contribution is -2.31. The summed E-state index contributed by atoms with van der Waals surface area (Å²) in [6.45, 7) is -0.931. The molecule has 0 saturated heterocycles. The third kappa shape index (κ3) is 4.61. The molecule has 0 saturated carbocycles. The van der Waals surface area contributed by atoms with Gasteiger partial charge in [0.2, 0.25) is 5.78 Å². The number of carbonyl (C=O) groups is 2. The molecule has 0 bridgehead atoms. The number of halogens is 3. The van der Waals surface area contributed by atoms with Crippen LogP contribution >= 0.6 is 27.7 Å². The normalized spacial score (nSPS) is 12.5. The molecule has 0 radical (unpaired) electrons. The van der Waals surface area contributed by atoms with Crippen molar-refractivity contribution in [3.63, 3.8) is 0 Å². The average Bonchev–Trinajstić information content (AvgIpc) is 3.09. The predicted octanol–water partition coefficient (Wildman–Crippen LogP) is 4.00. The Balaban J connectivity index is 2.01. The van der Waals surface area contributed by atoms with E-state index in [2.05, 4.69) is 27.0 Å². The molecule has 11 heteroatoms. The summed E-state index contributed by atoms with van der Waals surface area (Å²) in [7, 11) is 0. The van der Waals surface area contributed by atoms with Crippen LogP contribution in [-0.2, 0) is 9.59 Å². The number of imidazole rings is 1. The molecule has 2 aromatic carbocycles. The van der Waals surface area contributed by atoms with E-state index in [-0.39, 0.29) is 16.9 Å². The number of aromatic nitrogens is 2. The van der Waals surface area contributed by atoms with Crippen LogP contribution in [0.3, 0.4) is 0 Å². The van der Waals surface area contributed by atoms with Crippen LogP contribution in [0.4, 0.5) is 8.78 Å². The van der Waals surface area contributed by atoms with Crippen molar-refractivity contribution in [2.24, 2.45) is 5.92 Å². The number of aliphatic carboxylic acids is 1. The Bertz CT molecular complexity index is 1210. The number of carboxylic acids is 1. The summed E-state index contributed by atoms with van der Waals surface area (Å²) in [5, 5.41) is 24.3. The second kappa shape index (κ2) is 9.13. The Kier molecular flexibility index (Phi) is 6.74. The largest absolute Gasteiger partial charge is 0.481 e. The zero-order valence-corrected chi connectivity index (χ0v) is 18.0. The molecule has 0 fully saturated rings. The van der Waals surface area contributed by atoms with Crippen LogP contribution in [0.2, 0.25) is 0 Å². The van der Waals surface area contributed by atoms with E-state index in [0.717, 1.165) is 0 Å². The highest BCUT2D eigenvalue weighted by Crippen LogP contribution is 2.40. The highest BCUT2D eigenvalue weighted by Gasteiger charge is 2.43. The van der Waals surface area contributed by atoms with Crippen LogP contribution in [0.25, 0.3) is 16.5 Å². The first-order valence-electron chi connectivity index (χ1n) is 8.78. The maximum atomic E-state index is 14.6. The van der Waals surface area contributed by atoms with E-state index in [0.29, 0.717) is 26.6 Å². The Morgan fingerprint density at radius 2 is 1.94 bits per heavy atom. The lowest BCUT2D eigenvalue weighted by Gasteiger charge is -2.18. The van der Waals surface area contributed by atoms with Gasteiger partial charge in [-0.15, -0.1) is 0 Å². The van der Waals surface area contributed by atoms with Crippen molar-refractivity contribution in [3.8, 4) is 11.8 Å². The predicted molar refractivity (Wildman–Crippen MR) is 112 cm³/mol. The van der Waals surface area contributed by atoms with Crippen molar-refractivity contribution in [3.05, 3.63) is 52.8 Å². The number of fused-ring (bicyclic) bond motifs is 1.